The fourth-order valence-corrected chi connectivity index (χ4v) is 1.74. The van der Waals surface area contributed by atoms with Crippen LogP contribution >= 0.6 is 0 Å². The molecule has 0 fully saturated rings. The summed E-state index contributed by atoms with van der Waals surface area (Å²) in [5.41, 5.74) is 2.23. The fourth-order valence-electron chi connectivity index (χ4n) is 1.74. The summed E-state index contributed by atoms with van der Waals surface area (Å²) < 4.78 is 0. The molecule has 0 saturated heterocycles. The Bertz CT molecular complexity index is 463. The number of fused-ring (bicyclic) bond motifs is 1. The van der Waals surface area contributed by atoms with Crippen LogP contribution < -0.4 is 5.32 Å². The van der Waals surface area contributed by atoms with Crippen LogP contribution in [0.3, 0.4) is 0 Å². The summed E-state index contributed by atoms with van der Waals surface area (Å²) >= 11 is 0. The molecule has 1 unspecified atom stereocenters. The van der Waals surface area contributed by atoms with E-state index in [0.29, 0.717) is 6.54 Å². The Morgan fingerprint density at radius 1 is 1.31 bits per heavy atom. The number of benzene rings is 1. The Labute approximate surface area is 95.1 Å². The van der Waals surface area contributed by atoms with Gasteiger partial charge in [-0.25, -0.2) is 0 Å². The minimum absolute atomic E-state index is 0.312. The first kappa shape index (κ1) is 11.0. The van der Waals surface area contributed by atoms with E-state index in [-0.39, 0.29) is 6.10 Å². The van der Waals surface area contributed by atoms with Crippen molar-refractivity contribution in [2.75, 3.05) is 6.54 Å². The SMILES string of the molecule is CC(O)CNCc1cccc2ncccc12. The van der Waals surface area contributed by atoms with E-state index >= 15 is 0 Å². The van der Waals surface area contributed by atoms with Gasteiger partial charge < -0.3 is 10.4 Å². The molecule has 0 aliphatic heterocycles. The van der Waals surface area contributed by atoms with E-state index in [1.54, 1.807) is 13.1 Å². The van der Waals surface area contributed by atoms with Crippen molar-refractivity contribution < 1.29 is 5.11 Å². The van der Waals surface area contributed by atoms with Crippen molar-refractivity contribution >= 4 is 10.9 Å². The number of aliphatic hydroxyl groups excluding tert-OH is 1. The molecule has 0 radical (unpaired) electrons. The van der Waals surface area contributed by atoms with E-state index in [1.807, 2.05) is 18.2 Å². The van der Waals surface area contributed by atoms with Crippen LogP contribution in [0.15, 0.2) is 36.5 Å². The lowest BCUT2D eigenvalue weighted by Crippen LogP contribution is -2.23. The van der Waals surface area contributed by atoms with E-state index in [9.17, 15) is 0 Å². The molecule has 1 aromatic heterocycles. The van der Waals surface area contributed by atoms with Crippen LogP contribution in [0.1, 0.15) is 12.5 Å². The third-order valence-corrected chi connectivity index (χ3v) is 2.49. The molecule has 0 bridgehead atoms. The van der Waals surface area contributed by atoms with Crippen LogP contribution in [0.2, 0.25) is 0 Å². The summed E-state index contributed by atoms with van der Waals surface area (Å²) in [6.07, 6.45) is 1.49. The van der Waals surface area contributed by atoms with Crippen molar-refractivity contribution in [3.8, 4) is 0 Å². The molecule has 0 amide bonds. The second-order valence-electron chi connectivity index (χ2n) is 3.97. The van der Waals surface area contributed by atoms with Gasteiger partial charge in [-0.2, -0.15) is 0 Å². The van der Waals surface area contributed by atoms with Crippen molar-refractivity contribution in [3.63, 3.8) is 0 Å². The zero-order valence-electron chi connectivity index (χ0n) is 9.35. The smallest absolute Gasteiger partial charge is 0.0705 e. The zero-order valence-corrected chi connectivity index (χ0v) is 9.35. The second-order valence-corrected chi connectivity index (χ2v) is 3.97. The minimum atomic E-state index is -0.312. The number of pyridine rings is 1. The van der Waals surface area contributed by atoms with Gasteiger partial charge in [0.1, 0.15) is 0 Å². The largest absolute Gasteiger partial charge is 0.392 e. The molecule has 2 rings (SSSR count). The van der Waals surface area contributed by atoms with Crippen molar-refractivity contribution in [3.05, 3.63) is 42.1 Å². The minimum Gasteiger partial charge on any atom is -0.392 e. The van der Waals surface area contributed by atoms with Gasteiger partial charge in [0.05, 0.1) is 11.6 Å². The third kappa shape index (κ3) is 2.56. The summed E-state index contributed by atoms with van der Waals surface area (Å²) in [5, 5.41) is 13.6. The molecule has 0 spiro atoms. The first-order valence-corrected chi connectivity index (χ1v) is 5.49. The van der Waals surface area contributed by atoms with Gasteiger partial charge in [-0.3, -0.25) is 4.98 Å². The predicted octanol–water partition coefficient (Wildman–Crippen LogP) is 1.71. The van der Waals surface area contributed by atoms with E-state index in [0.717, 1.165) is 12.1 Å². The van der Waals surface area contributed by atoms with Crippen molar-refractivity contribution in [2.24, 2.45) is 0 Å². The Morgan fingerprint density at radius 2 is 2.19 bits per heavy atom. The molecule has 0 aliphatic carbocycles. The molecule has 3 heteroatoms. The number of hydrogen-bond acceptors (Lipinski definition) is 3. The quantitative estimate of drug-likeness (QED) is 0.817. The van der Waals surface area contributed by atoms with Crippen LogP contribution in [-0.4, -0.2) is 22.7 Å². The normalized spacial score (nSPS) is 12.9. The Hall–Kier alpha value is -1.45. The first-order chi connectivity index (χ1) is 7.77. The molecule has 2 aromatic rings. The molecular formula is C13H16N2O. The molecule has 3 nitrogen and oxygen atoms in total. The molecule has 2 N–H and O–H groups in total. The average Bonchev–Trinajstić information content (AvgIpc) is 2.29. The van der Waals surface area contributed by atoms with Gasteiger partial charge in [0, 0.05) is 24.7 Å². The monoisotopic (exact) mass is 216 g/mol. The van der Waals surface area contributed by atoms with Gasteiger partial charge in [-0.05, 0) is 24.6 Å². The van der Waals surface area contributed by atoms with Crippen molar-refractivity contribution in [1.29, 1.82) is 0 Å². The van der Waals surface area contributed by atoms with Crippen LogP contribution in [-0.2, 0) is 6.54 Å². The van der Waals surface area contributed by atoms with Gasteiger partial charge in [0.15, 0.2) is 0 Å². The van der Waals surface area contributed by atoms with E-state index < -0.39 is 0 Å². The lowest BCUT2D eigenvalue weighted by Gasteiger charge is -2.09. The number of rotatable bonds is 4. The number of nitrogens with zero attached hydrogens (tertiary/aromatic N) is 1. The zero-order chi connectivity index (χ0) is 11.4. The third-order valence-electron chi connectivity index (χ3n) is 2.49. The van der Waals surface area contributed by atoms with Crippen LogP contribution in [0.25, 0.3) is 10.9 Å². The lowest BCUT2D eigenvalue weighted by atomic mass is 10.1. The highest BCUT2D eigenvalue weighted by atomic mass is 16.3. The summed E-state index contributed by atoms with van der Waals surface area (Å²) in [6, 6.07) is 10.1. The molecule has 1 atom stereocenters. The standard InChI is InChI=1S/C13H16N2O/c1-10(16)8-14-9-11-4-2-6-13-12(11)5-3-7-15-13/h2-7,10,14,16H,8-9H2,1H3. The summed E-state index contributed by atoms with van der Waals surface area (Å²) in [5.74, 6) is 0. The Kier molecular flexibility index (Phi) is 3.49. The summed E-state index contributed by atoms with van der Waals surface area (Å²) in [6.45, 7) is 3.14. The van der Waals surface area contributed by atoms with Crippen molar-refractivity contribution in [2.45, 2.75) is 19.6 Å². The molecule has 1 aromatic carbocycles. The summed E-state index contributed by atoms with van der Waals surface area (Å²) in [7, 11) is 0. The number of nitrogens with one attached hydrogen (secondary N) is 1. The summed E-state index contributed by atoms with van der Waals surface area (Å²) in [4.78, 5) is 4.31. The Balaban J connectivity index is 2.17. The van der Waals surface area contributed by atoms with Crippen LogP contribution in [0, 0.1) is 0 Å². The highest BCUT2D eigenvalue weighted by Gasteiger charge is 2.01. The van der Waals surface area contributed by atoms with E-state index in [4.69, 9.17) is 5.11 Å². The molecule has 1 heterocycles. The predicted molar refractivity (Wildman–Crippen MR) is 65.1 cm³/mol. The molecule has 0 saturated carbocycles. The van der Waals surface area contributed by atoms with Crippen LogP contribution in [0.5, 0.6) is 0 Å². The molecule has 16 heavy (non-hydrogen) atoms. The first-order valence-electron chi connectivity index (χ1n) is 5.49. The molecular weight excluding hydrogens is 200 g/mol. The van der Waals surface area contributed by atoms with Gasteiger partial charge in [-0.1, -0.05) is 18.2 Å². The number of hydrogen-bond donors (Lipinski definition) is 2. The van der Waals surface area contributed by atoms with Gasteiger partial charge >= 0.3 is 0 Å². The maximum atomic E-state index is 9.17. The number of aromatic nitrogens is 1. The van der Waals surface area contributed by atoms with Gasteiger partial charge in [0.2, 0.25) is 0 Å². The van der Waals surface area contributed by atoms with Crippen molar-refractivity contribution in [1.82, 2.24) is 10.3 Å². The second kappa shape index (κ2) is 5.05. The average molecular weight is 216 g/mol. The maximum Gasteiger partial charge on any atom is 0.0705 e. The number of aliphatic hydroxyl groups is 1. The lowest BCUT2D eigenvalue weighted by molar-refractivity contribution is 0.191. The van der Waals surface area contributed by atoms with E-state index in [1.165, 1.54) is 10.9 Å². The van der Waals surface area contributed by atoms with Gasteiger partial charge in [-0.15, -0.1) is 0 Å². The maximum absolute atomic E-state index is 9.17. The highest BCUT2D eigenvalue weighted by Crippen LogP contribution is 2.15. The van der Waals surface area contributed by atoms with Gasteiger partial charge in [0.25, 0.3) is 0 Å². The topological polar surface area (TPSA) is 45.1 Å². The molecule has 84 valence electrons. The highest BCUT2D eigenvalue weighted by molar-refractivity contribution is 5.81. The Morgan fingerprint density at radius 3 is 3.00 bits per heavy atom. The van der Waals surface area contributed by atoms with Crippen LogP contribution in [0.4, 0.5) is 0 Å². The van der Waals surface area contributed by atoms with E-state index in [2.05, 4.69) is 22.4 Å². The fraction of sp³-hybridized carbons (Fsp3) is 0.308. The molecule has 0 aliphatic rings.